The minimum atomic E-state index is -1.62. The van der Waals surface area contributed by atoms with Crippen LogP contribution in [0.15, 0.2) is 24.3 Å². The molecule has 218 valence electrons. The molecule has 14 heteroatoms. The van der Waals surface area contributed by atoms with Crippen molar-refractivity contribution in [3.63, 3.8) is 0 Å². The number of hydrogen-bond donors (Lipinski definition) is 9. The number of nitrogens with two attached hydrogens (primary N) is 3. The maximum absolute atomic E-state index is 13.2. The predicted octanol–water partition coefficient (Wildman–Crippen LogP) is -1.47. The van der Waals surface area contributed by atoms with Gasteiger partial charge >= 0.3 is 11.9 Å². The molecule has 1 aromatic rings. The molecule has 4 unspecified atom stereocenters. The lowest BCUT2D eigenvalue weighted by molar-refractivity contribution is -0.143. The van der Waals surface area contributed by atoms with E-state index in [1.54, 1.807) is 0 Å². The zero-order chi connectivity index (χ0) is 29.4. The standard InChI is InChI=1S/C25H40N6O8/c26-11-3-1-5-17(28)22(35)30-19(13-15-7-9-16(32)10-8-15)23(36)31-20(14-21(33)34)24(37)29-18(25(38)39)6-2-4-12-27/h7-10,17-20,32H,1-6,11-14,26-28H2,(H,29,37)(H,30,35)(H,31,36)(H,33,34)(H,38,39). The van der Waals surface area contributed by atoms with E-state index < -0.39 is 60.2 Å². The van der Waals surface area contributed by atoms with Crippen LogP contribution in [-0.4, -0.2) is 82.2 Å². The first kappa shape index (κ1) is 33.3. The van der Waals surface area contributed by atoms with Crippen LogP contribution >= 0.6 is 0 Å². The van der Waals surface area contributed by atoms with Crippen LogP contribution in [0.4, 0.5) is 0 Å². The number of amides is 3. The first-order valence-corrected chi connectivity index (χ1v) is 12.8. The number of nitrogens with one attached hydrogen (secondary N) is 3. The Bertz CT molecular complexity index is 958. The highest BCUT2D eigenvalue weighted by molar-refractivity contribution is 5.95. The van der Waals surface area contributed by atoms with Crippen molar-refractivity contribution in [2.24, 2.45) is 17.2 Å². The molecule has 0 aromatic heterocycles. The van der Waals surface area contributed by atoms with Crippen LogP contribution in [0.2, 0.25) is 0 Å². The molecule has 12 N–H and O–H groups in total. The Morgan fingerprint density at radius 3 is 1.77 bits per heavy atom. The topological polar surface area (TPSA) is 260 Å². The molecule has 1 rings (SSSR count). The SMILES string of the molecule is NCCCCC(N)C(=O)NC(Cc1ccc(O)cc1)C(=O)NC(CC(=O)O)C(=O)NC(CCCCN)C(=O)O. The van der Waals surface area contributed by atoms with Crippen LogP contribution < -0.4 is 33.2 Å². The molecule has 4 atom stereocenters. The minimum Gasteiger partial charge on any atom is -0.508 e. The molecule has 0 spiro atoms. The van der Waals surface area contributed by atoms with Crippen LogP contribution in [0, 0.1) is 0 Å². The summed E-state index contributed by atoms with van der Waals surface area (Å²) in [7, 11) is 0. The Hall–Kier alpha value is -3.75. The van der Waals surface area contributed by atoms with Crippen LogP contribution in [-0.2, 0) is 30.4 Å². The highest BCUT2D eigenvalue weighted by Gasteiger charge is 2.31. The van der Waals surface area contributed by atoms with Crippen LogP contribution in [0.1, 0.15) is 50.5 Å². The molecule has 0 heterocycles. The summed E-state index contributed by atoms with van der Waals surface area (Å²) in [5, 5.41) is 35.4. The highest BCUT2D eigenvalue weighted by atomic mass is 16.4. The summed E-state index contributed by atoms with van der Waals surface area (Å²) in [6, 6.07) is 0.720. The minimum absolute atomic E-state index is 0.0108. The molecule has 0 aliphatic carbocycles. The summed E-state index contributed by atoms with van der Waals surface area (Å²) in [6.45, 7) is 0.770. The van der Waals surface area contributed by atoms with Gasteiger partial charge in [-0.05, 0) is 62.9 Å². The van der Waals surface area contributed by atoms with Crippen LogP contribution in [0.3, 0.4) is 0 Å². The third kappa shape index (κ3) is 13.0. The number of unbranched alkanes of at least 4 members (excludes halogenated alkanes) is 2. The smallest absolute Gasteiger partial charge is 0.326 e. The molecular formula is C25H40N6O8. The second kappa shape index (κ2) is 17.7. The average molecular weight is 553 g/mol. The first-order valence-electron chi connectivity index (χ1n) is 12.8. The largest absolute Gasteiger partial charge is 0.508 e. The number of phenols is 1. The van der Waals surface area contributed by atoms with E-state index in [-0.39, 0.29) is 18.6 Å². The van der Waals surface area contributed by atoms with Crippen molar-refractivity contribution in [2.45, 2.75) is 75.5 Å². The van der Waals surface area contributed by atoms with E-state index in [1.165, 1.54) is 24.3 Å². The van der Waals surface area contributed by atoms with E-state index >= 15 is 0 Å². The molecule has 39 heavy (non-hydrogen) atoms. The number of phenolic OH excluding ortho intramolecular Hbond substituents is 1. The Kier molecular flexibility index (Phi) is 15.1. The summed E-state index contributed by atoms with van der Waals surface area (Å²) in [6.07, 6.45) is 1.69. The number of rotatable bonds is 19. The van der Waals surface area contributed by atoms with Crippen molar-refractivity contribution in [3.05, 3.63) is 29.8 Å². The Balaban J connectivity index is 3.08. The molecule has 0 radical (unpaired) electrons. The van der Waals surface area contributed by atoms with E-state index in [0.29, 0.717) is 50.8 Å². The molecule has 0 saturated carbocycles. The summed E-state index contributed by atoms with van der Waals surface area (Å²) >= 11 is 0. The number of hydrogen-bond acceptors (Lipinski definition) is 9. The van der Waals surface area contributed by atoms with Crippen molar-refractivity contribution in [3.8, 4) is 5.75 Å². The molecule has 14 nitrogen and oxygen atoms in total. The van der Waals surface area contributed by atoms with Gasteiger partial charge in [-0.1, -0.05) is 18.6 Å². The van der Waals surface area contributed by atoms with E-state index in [2.05, 4.69) is 16.0 Å². The quantitative estimate of drug-likeness (QED) is 0.0895. The van der Waals surface area contributed by atoms with Gasteiger partial charge in [0.25, 0.3) is 0 Å². The lowest BCUT2D eigenvalue weighted by Gasteiger charge is -2.25. The van der Waals surface area contributed by atoms with Crippen LogP contribution in [0.25, 0.3) is 0 Å². The van der Waals surface area contributed by atoms with E-state index in [4.69, 9.17) is 17.2 Å². The Labute approximate surface area is 226 Å². The van der Waals surface area contributed by atoms with Crippen molar-refractivity contribution in [1.82, 2.24) is 16.0 Å². The van der Waals surface area contributed by atoms with Gasteiger partial charge in [-0.3, -0.25) is 19.2 Å². The fourth-order valence-electron chi connectivity index (χ4n) is 3.67. The number of benzene rings is 1. The first-order chi connectivity index (χ1) is 18.5. The summed E-state index contributed by atoms with van der Waals surface area (Å²) in [5.41, 5.74) is 17.4. The summed E-state index contributed by atoms with van der Waals surface area (Å²) < 4.78 is 0. The number of carbonyl (C=O) groups is 5. The Morgan fingerprint density at radius 1 is 0.718 bits per heavy atom. The van der Waals surface area contributed by atoms with E-state index in [1.807, 2.05) is 0 Å². The van der Waals surface area contributed by atoms with Gasteiger partial charge in [0.05, 0.1) is 12.5 Å². The van der Waals surface area contributed by atoms with E-state index in [0.717, 1.165) is 0 Å². The number of aliphatic carboxylic acids is 2. The zero-order valence-corrected chi connectivity index (χ0v) is 21.8. The third-order valence-corrected chi connectivity index (χ3v) is 5.89. The summed E-state index contributed by atoms with van der Waals surface area (Å²) in [5.74, 6) is -5.24. The van der Waals surface area contributed by atoms with Gasteiger partial charge in [-0.25, -0.2) is 4.79 Å². The number of carbonyl (C=O) groups excluding carboxylic acids is 3. The van der Waals surface area contributed by atoms with Crippen LogP contribution in [0.5, 0.6) is 5.75 Å². The van der Waals surface area contributed by atoms with Gasteiger partial charge in [-0.2, -0.15) is 0 Å². The summed E-state index contributed by atoms with van der Waals surface area (Å²) in [4.78, 5) is 61.8. The van der Waals surface area contributed by atoms with Crippen molar-refractivity contribution in [2.75, 3.05) is 13.1 Å². The predicted molar refractivity (Wildman–Crippen MR) is 141 cm³/mol. The molecule has 0 fully saturated rings. The number of aromatic hydroxyl groups is 1. The van der Waals surface area contributed by atoms with Gasteiger partial charge in [0.15, 0.2) is 0 Å². The maximum Gasteiger partial charge on any atom is 0.326 e. The molecule has 1 aromatic carbocycles. The van der Waals surface area contributed by atoms with Gasteiger partial charge in [0, 0.05) is 6.42 Å². The second-order valence-electron chi connectivity index (χ2n) is 9.17. The van der Waals surface area contributed by atoms with Gasteiger partial charge in [0.2, 0.25) is 17.7 Å². The normalized spacial score (nSPS) is 13.9. The lowest BCUT2D eigenvalue weighted by Crippen LogP contribution is -2.58. The zero-order valence-electron chi connectivity index (χ0n) is 21.8. The number of carboxylic acid groups (broad SMARTS) is 2. The fourth-order valence-corrected chi connectivity index (χ4v) is 3.67. The second-order valence-corrected chi connectivity index (χ2v) is 9.17. The third-order valence-electron chi connectivity index (χ3n) is 5.89. The molecule has 0 aliphatic rings. The van der Waals surface area contributed by atoms with Gasteiger partial charge in [-0.15, -0.1) is 0 Å². The fraction of sp³-hybridized carbons (Fsp3) is 0.560. The van der Waals surface area contributed by atoms with Gasteiger partial charge < -0.3 is 48.5 Å². The van der Waals surface area contributed by atoms with Crippen molar-refractivity contribution >= 4 is 29.7 Å². The Morgan fingerprint density at radius 2 is 1.23 bits per heavy atom. The highest BCUT2D eigenvalue weighted by Crippen LogP contribution is 2.12. The maximum atomic E-state index is 13.2. The average Bonchev–Trinajstić information content (AvgIpc) is 2.88. The van der Waals surface area contributed by atoms with E-state index in [9.17, 15) is 39.3 Å². The molecule has 0 saturated heterocycles. The van der Waals surface area contributed by atoms with Crippen molar-refractivity contribution in [1.29, 1.82) is 0 Å². The molecule has 0 bridgehead atoms. The monoisotopic (exact) mass is 552 g/mol. The lowest BCUT2D eigenvalue weighted by atomic mass is 10.0. The molecule has 3 amide bonds. The number of carboxylic acids is 2. The van der Waals surface area contributed by atoms with Crippen molar-refractivity contribution < 1.29 is 39.3 Å². The molecule has 0 aliphatic heterocycles. The molecular weight excluding hydrogens is 512 g/mol. The van der Waals surface area contributed by atoms with Gasteiger partial charge in [0.1, 0.15) is 23.9 Å².